The summed E-state index contributed by atoms with van der Waals surface area (Å²) in [5, 5.41) is 0.120. The molecule has 0 aromatic carbocycles. The number of thiazole rings is 1. The minimum Gasteiger partial charge on any atom is -0.382 e. The maximum Gasteiger partial charge on any atom is 0.226 e. The van der Waals surface area contributed by atoms with Crippen molar-refractivity contribution < 1.29 is 0 Å². The molecule has 4 nitrogen and oxygen atoms in total. The summed E-state index contributed by atoms with van der Waals surface area (Å²) in [7, 11) is 0. The van der Waals surface area contributed by atoms with Gasteiger partial charge >= 0.3 is 0 Å². The van der Waals surface area contributed by atoms with Gasteiger partial charge in [-0.05, 0) is 11.6 Å². The standard InChI is InChI=1S/C5H2ClN4S/c6-5-9-3(7)2-4(10-5)8-1-11-2/h(H2,7,9,10). The van der Waals surface area contributed by atoms with Gasteiger partial charge in [-0.1, -0.05) is 0 Å². The van der Waals surface area contributed by atoms with Crippen molar-refractivity contribution in [2.75, 3.05) is 5.73 Å². The third-order valence-electron chi connectivity index (χ3n) is 1.15. The smallest absolute Gasteiger partial charge is 0.226 e. The molecule has 0 unspecified atom stereocenters. The summed E-state index contributed by atoms with van der Waals surface area (Å²) in [6.07, 6.45) is 0. The van der Waals surface area contributed by atoms with Crippen LogP contribution in [0.5, 0.6) is 0 Å². The van der Waals surface area contributed by atoms with Gasteiger partial charge in [-0.3, -0.25) is 0 Å². The van der Waals surface area contributed by atoms with Crippen LogP contribution in [0.2, 0.25) is 5.28 Å². The van der Waals surface area contributed by atoms with Crippen LogP contribution in [0, 0.1) is 5.51 Å². The van der Waals surface area contributed by atoms with Crippen molar-refractivity contribution >= 4 is 39.1 Å². The van der Waals surface area contributed by atoms with Crippen LogP contribution in [0.4, 0.5) is 5.82 Å². The second kappa shape index (κ2) is 2.28. The Balaban J connectivity index is 2.91. The minimum absolute atomic E-state index is 0.120. The number of nitrogen functional groups attached to an aromatic ring is 1. The van der Waals surface area contributed by atoms with E-state index in [-0.39, 0.29) is 5.28 Å². The zero-order chi connectivity index (χ0) is 7.84. The van der Waals surface area contributed by atoms with Gasteiger partial charge in [-0.15, -0.1) is 11.3 Å². The molecule has 0 aliphatic carbocycles. The maximum absolute atomic E-state index is 5.53. The van der Waals surface area contributed by atoms with Crippen LogP contribution >= 0.6 is 22.9 Å². The summed E-state index contributed by atoms with van der Waals surface area (Å²) >= 11 is 6.81. The summed E-state index contributed by atoms with van der Waals surface area (Å²) in [5.41, 5.74) is 8.68. The van der Waals surface area contributed by atoms with Gasteiger partial charge in [0.05, 0.1) is 0 Å². The average Bonchev–Trinajstić information content (AvgIpc) is 2.34. The first-order chi connectivity index (χ1) is 5.27. The van der Waals surface area contributed by atoms with Gasteiger partial charge in [0.15, 0.2) is 11.2 Å². The molecule has 6 heteroatoms. The number of hydrogen-bond donors (Lipinski definition) is 1. The van der Waals surface area contributed by atoms with Crippen molar-refractivity contribution in [3.63, 3.8) is 0 Å². The number of hydrogen-bond acceptors (Lipinski definition) is 5. The first-order valence-electron chi connectivity index (χ1n) is 2.73. The van der Waals surface area contributed by atoms with E-state index in [2.05, 4.69) is 20.5 Å². The van der Waals surface area contributed by atoms with Crippen molar-refractivity contribution in [3.05, 3.63) is 10.8 Å². The quantitative estimate of drug-likeness (QED) is 0.625. The fourth-order valence-corrected chi connectivity index (χ4v) is 1.44. The van der Waals surface area contributed by atoms with Crippen LogP contribution in [-0.2, 0) is 0 Å². The lowest BCUT2D eigenvalue weighted by molar-refractivity contribution is 1.21. The predicted molar refractivity (Wildman–Crippen MR) is 43.5 cm³/mol. The van der Waals surface area contributed by atoms with Crippen molar-refractivity contribution in [1.29, 1.82) is 0 Å². The number of anilines is 1. The molecule has 55 valence electrons. The number of fused-ring (bicyclic) bond motifs is 1. The van der Waals surface area contributed by atoms with Crippen LogP contribution in [0.25, 0.3) is 10.3 Å². The van der Waals surface area contributed by atoms with Crippen LogP contribution in [0.3, 0.4) is 0 Å². The molecule has 0 aliphatic rings. The van der Waals surface area contributed by atoms with Crippen LogP contribution in [0.1, 0.15) is 0 Å². The molecule has 0 bridgehead atoms. The zero-order valence-electron chi connectivity index (χ0n) is 5.21. The Bertz CT molecular complexity index is 398. The van der Waals surface area contributed by atoms with Gasteiger partial charge in [0, 0.05) is 0 Å². The molecule has 0 atom stereocenters. The molecule has 0 fully saturated rings. The maximum atomic E-state index is 5.53. The number of nitrogens with two attached hydrogens (primary N) is 1. The zero-order valence-corrected chi connectivity index (χ0v) is 6.78. The second-order valence-corrected chi connectivity index (χ2v) is 2.97. The van der Waals surface area contributed by atoms with Gasteiger partial charge in [0.1, 0.15) is 10.5 Å². The molecule has 2 heterocycles. The van der Waals surface area contributed by atoms with Gasteiger partial charge in [0.2, 0.25) is 5.28 Å². The summed E-state index contributed by atoms with van der Waals surface area (Å²) in [6.45, 7) is 0. The van der Waals surface area contributed by atoms with Gasteiger partial charge in [-0.2, -0.15) is 9.97 Å². The van der Waals surface area contributed by atoms with Crippen LogP contribution < -0.4 is 5.73 Å². The van der Waals surface area contributed by atoms with E-state index in [0.29, 0.717) is 11.5 Å². The molecule has 2 N–H and O–H groups in total. The Hall–Kier alpha value is -0.940. The SMILES string of the molecule is Nc1nc(Cl)nc2n[c]sc12. The first-order valence-corrected chi connectivity index (χ1v) is 3.92. The van der Waals surface area contributed by atoms with E-state index >= 15 is 0 Å². The van der Waals surface area contributed by atoms with E-state index in [4.69, 9.17) is 17.3 Å². The van der Waals surface area contributed by atoms with Crippen molar-refractivity contribution in [3.8, 4) is 0 Å². The summed E-state index contributed by atoms with van der Waals surface area (Å²) in [5.74, 6) is 0.360. The topological polar surface area (TPSA) is 64.7 Å². The summed E-state index contributed by atoms with van der Waals surface area (Å²) in [4.78, 5) is 11.4. The Kier molecular flexibility index (Phi) is 1.40. The molecule has 0 amide bonds. The fraction of sp³-hybridized carbons (Fsp3) is 0. The Morgan fingerprint density at radius 2 is 2.27 bits per heavy atom. The third kappa shape index (κ3) is 1.02. The first kappa shape index (κ1) is 6.75. The number of rotatable bonds is 0. The number of nitrogens with zero attached hydrogens (tertiary/aromatic N) is 3. The third-order valence-corrected chi connectivity index (χ3v) is 2.09. The number of aromatic nitrogens is 3. The highest BCUT2D eigenvalue weighted by Gasteiger charge is 2.05. The molecule has 2 aromatic rings. The minimum atomic E-state index is 0.120. The van der Waals surface area contributed by atoms with E-state index < -0.39 is 0 Å². The summed E-state index contributed by atoms with van der Waals surface area (Å²) in [6, 6.07) is 0. The van der Waals surface area contributed by atoms with E-state index in [0.717, 1.165) is 4.70 Å². The molecule has 2 rings (SSSR count). The molecule has 0 saturated heterocycles. The van der Waals surface area contributed by atoms with E-state index in [9.17, 15) is 0 Å². The largest absolute Gasteiger partial charge is 0.382 e. The number of halogens is 1. The molecule has 0 spiro atoms. The van der Waals surface area contributed by atoms with Gasteiger partial charge in [-0.25, -0.2) is 4.98 Å². The molecule has 1 radical (unpaired) electrons. The Morgan fingerprint density at radius 3 is 3.09 bits per heavy atom. The molecular formula is C5H2ClN4S. The highest BCUT2D eigenvalue weighted by atomic mass is 35.5. The van der Waals surface area contributed by atoms with Crippen molar-refractivity contribution in [2.45, 2.75) is 0 Å². The lowest BCUT2D eigenvalue weighted by Gasteiger charge is -1.92. The highest BCUT2D eigenvalue weighted by Crippen LogP contribution is 2.21. The molecule has 2 aromatic heterocycles. The van der Waals surface area contributed by atoms with Gasteiger partial charge in [0.25, 0.3) is 0 Å². The van der Waals surface area contributed by atoms with Crippen LogP contribution in [0.15, 0.2) is 0 Å². The molecular weight excluding hydrogens is 184 g/mol. The molecule has 0 aliphatic heterocycles. The van der Waals surface area contributed by atoms with E-state index in [1.165, 1.54) is 11.3 Å². The Labute approximate surface area is 71.1 Å². The highest BCUT2D eigenvalue weighted by molar-refractivity contribution is 7.16. The average molecular weight is 186 g/mol. The van der Waals surface area contributed by atoms with Crippen molar-refractivity contribution in [1.82, 2.24) is 15.0 Å². The molecule has 0 saturated carbocycles. The summed E-state index contributed by atoms with van der Waals surface area (Å²) < 4.78 is 0.731. The second-order valence-electron chi connectivity index (χ2n) is 1.84. The monoisotopic (exact) mass is 185 g/mol. The van der Waals surface area contributed by atoms with E-state index in [1.54, 1.807) is 0 Å². The van der Waals surface area contributed by atoms with E-state index in [1.807, 2.05) is 0 Å². The van der Waals surface area contributed by atoms with Crippen molar-refractivity contribution in [2.24, 2.45) is 0 Å². The van der Waals surface area contributed by atoms with Gasteiger partial charge < -0.3 is 5.73 Å². The fourth-order valence-electron chi connectivity index (χ4n) is 0.713. The van der Waals surface area contributed by atoms with Crippen LogP contribution in [-0.4, -0.2) is 15.0 Å². The lowest BCUT2D eigenvalue weighted by atomic mass is 10.6. The normalized spacial score (nSPS) is 10.6. The predicted octanol–water partition coefficient (Wildman–Crippen LogP) is 1.12. The lowest BCUT2D eigenvalue weighted by Crippen LogP contribution is -1.92. The Morgan fingerprint density at radius 1 is 1.45 bits per heavy atom. The molecule has 11 heavy (non-hydrogen) atoms.